The van der Waals surface area contributed by atoms with Gasteiger partial charge in [-0.25, -0.2) is 9.97 Å². The Balaban J connectivity index is 1.52. The fraction of sp³-hybridized carbons (Fsp3) is 0.389. The normalized spacial score (nSPS) is 14.8. The fourth-order valence-corrected chi connectivity index (χ4v) is 3.15. The van der Waals surface area contributed by atoms with Crippen LogP contribution in [0.2, 0.25) is 0 Å². The number of benzene rings is 1. The van der Waals surface area contributed by atoms with Gasteiger partial charge in [-0.1, -0.05) is 18.2 Å². The van der Waals surface area contributed by atoms with Crippen LogP contribution in [0.15, 0.2) is 36.7 Å². The lowest BCUT2D eigenvalue weighted by Crippen LogP contribution is -2.36. The van der Waals surface area contributed by atoms with Crippen molar-refractivity contribution in [2.75, 3.05) is 36.5 Å². The van der Waals surface area contributed by atoms with Crippen LogP contribution in [0, 0.1) is 0 Å². The maximum absolute atomic E-state index is 5.40. The Morgan fingerprint density at radius 3 is 2.84 bits per heavy atom. The van der Waals surface area contributed by atoms with E-state index in [-0.39, 0.29) is 0 Å². The molecule has 0 radical (unpaired) electrons. The standard InChI is InChI=1S/C18H22N6O/c1-2-24-16-6-4-3-5-14(16)15(22-24)12-19-17-11-18(21-13-20-17)23-7-9-25-10-8-23/h3-6,11,13H,2,7-10,12H2,1H3,(H,19,20,21). The number of hydrogen-bond acceptors (Lipinski definition) is 6. The third kappa shape index (κ3) is 3.28. The van der Waals surface area contributed by atoms with Crippen molar-refractivity contribution in [1.29, 1.82) is 0 Å². The van der Waals surface area contributed by atoms with Crippen molar-refractivity contribution >= 4 is 22.5 Å². The van der Waals surface area contributed by atoms with E-state index in [0.717, 1.165) is 50.2 Å². The lowest BCUT2D eigenvalue weighted by Gasteiger charge is -2.27. The molecule has 0 bridgehead atoms. The van der Waals surface area contributed by atoms with Gasteiger partial charge in [0.2, 0.25) is 0 Å². The second-order valence-electron chi connectivity index (χ2n) is 5.99. The maximum atomic E-state index is 5.40. The van der Waals surface area contributed by atoms with Gasteiger partial charge in [0, 0.05) is 31.1 Å². The number of nitrogens with zero attached hydrogens (tertiary/aromatic N) is 5. The molecule has 3 heterocycles. The van der Waals surface area contributed by atoms with Gasteiger partial charge in [0.25, 0.3) is 0 Å². The van der Waals surface area contributed by atoms with Crippen LogP contribution in [0.25, 0.3) is 10.9 Å². The van der Waals surface area contributed by atoms with Gasteiger partial charge >= 0.3 is 0 Å². The molecule has 7 heteroatoms. The Morgan fingerprint density at radius 2 is 2.00 bits per heavy atom. The molecule has 1 N–H and O–H groups in total. The van der Waals surface area contributed by atoms with Crippen LogP contribution >= 0.6 is 0 Å². The molecular formula is C18H22N6O. The van der Waals surface area contributed by atoms with Gasteiger partial charge in [0.1, 0.15) is 18.0 Å². The zero-order valence-electron chi connectivity index (χ0n) is 14.4. The number of aromatic nitrogens is 4. The number of ether oxygens (including phenoxy) is 1. The Bertz CT molecular complexity index is 856. The van der Waals surface area contributed by atoms with Gasteiger partial charge in [0.05, 0.1) is 31.0 Å². The summed E-state index contributed by atoms with van der Waals surface area (Å²) in [5.74, 6) is 1.75. The van der Waals surface area contributed by atoms with E-state index in [0.29, 0.717) is 6.54 Å². The van der Waals surface area contributed by atoms with Crippen LogP contribution in [0.5, 0.6) is 0 Å². The zero-order chi connectivity index (χ0) is 17.1. The number of hydrogen-bond donors (Lipinski definition) is 1. The number of morpholine rings is 1. The Morgan fingerprint density at radius 1 is 1.16 bits per heavy atom. The van der Waals surface area contributed by atoms with Crippen LogP contribution in [-0.4, -0.2) is 46.1 Å². The van der Waals surface area contributed by atoms with Gasteiger partial charge < -0.3 is 15.0 Å². The zero-order valence-corrected chi connectivity index (χ0v) is 14.4. The average molecular weight is 338 g/mol. The van der Waals surface area contributed by atoms with Crippen molar-refractivity contribution in [3.63, 3.8) is 0 Å². The second-order valence-corrected chi connectivity index (χ2v) is 5.99. The van der Waals surface area contributed by atoms with E-state index >= 15 is 0 Å². The summed E-state index contributed by atoms with van der Waals surface area (Å²) in [6, 6.07) is 10.3. The topological polar surface area (TPSA) is 68.1 Å². The number of nitrogens with one attached hydrogen (secondary N) is 1. The number of para-hydroxylation sites is 1. The molecule has 4 rings (SSSR count). The highest BCUT2D eigenvalue weighted by Gasteiger charge is 2.13. The predicted molar refractivity (Wildman–Crippen MR) is 97.8 cm³/mol. The first-order valence-electron chi connectivity index (χ1n) is 8.68. The first kappa shape index (κ1) is 15.8. The number of anilines is 2. The Hall–Kier alpha value is -2.67. The summed E-state index contributed by atoms with van der Waals surface area (Å²) in [6.45, 7) is 6.81. The largest absolute Gasteiger partial charge is 0.378 e. The molecule has 25 heavy (non-hydrogen) atoms. The van der Waals surface area contributed by atoms with Crippen LogP contribution in [0.3, 0.4) is 0 Å². The summed E-state index contributed by atoms with van der Waals surface area (Å²) in [7, 11) is 0. The minimum atomic E-state index is 0.632. The predicted octanol–water partition coefficient (Wildman–Crippen LogP) is 2.29. The van der Waals surface area contributed by atoms with Crippen molar-refractivity contribution in [3.8, 4) is 0 Å². The molecule has 1 aliphatic heterocycles. The monoisotopic (exact) mass is 338 g/mol. The van der Waals surface area contributed by atoms with E-state index in [1.807, 2.05) is 16.8 Å². The van der Waals surface area contributed by atoms with Crippen molar-refractivity contribution in [2.45, 2.75) is 20.0 Å². The van der Waals surface area contributed by atoms with Gasteiger partial charge in [-0.2, -0.15) is 5.10 Å². The van der Waals surface area contributed by atoms with E-state index in [2.05, 4.69) is 45.3 Å². The molecule has 3 aromatic rings. The summed E-state index contributed by atoms with van der Waals surface area (Å²) in [4.78, 5) is 10.9. The average Bonchev–Trinajstić information content (AvgIpc) is 3.05. The minimum absolute atomic E-state index is 0.632. The number of fused-ring (bicyclic) bond motifs is 1. The first-order chi connectivity index (χ1) is 12.3. The molecular weight excluding hydrogens is 316 g/mol. The third-order valence-corrected chi connectivity index (χ3v) is 4.46. The lowest BCUT2D eigenvalue weighted by atomic mass is 10.2. The molecule has 130 valence electrons. The lowest BCUT2D eigenvalue weighted by molar-refractivity contribution is 0.122. The number of aryl methyl sites for hydroxylation is 1. The molecule has 0 aliphatic carbocycles. The molecule has 7 nitrogen and oxygen atoms in total. The molecule has 2 aromatic heterocycles. The Kier molecular flexibility index (Phi) is 4.47. The highest BCUT2D eigenvalue weighted by atomic mass is 16.5. The molecule has 1 saturated heterocycles. The highest BCUT2D eigenvalue weighted by molar-refractivity contribution is 5.82. The van der Waals surface area contributed by atoms with E-state index in [1.165, 1.54) is 10.9 Å². The summed E-state index contributed by atoms with van der Waals surface area (Å²) in [5, 5.41) is 9.28. The van der Waals surface area contributed by atoms with Gasteiger partial charge in [-0.15, -0.1) is 0 Å². The summed E-state index contributed by atoms with van der Waals surface area (Å²) in [5.41, 5.74) is 2.20. The molecule has 1 aliphatic rings. The van der Waals surface area contributed by atoms with Gasteiger partial charge in [-0.05, 0) is 13.0 Å². The van der Waals surface area contributed by atoms with E-state index in [1.54, 1.807) is 6.33 Å². The Labute approximate surface area is 146 Å². The molecule has 0 saturated carbocycles. The van der Waals surface area contributed by atoms with Crippen LogP contribution in [-0.2, 0) is 17.8 Å². The summed E-state index contributed by atoms with van der Waals surface area (Å²) >= 11 is 0. The summed E-state index contributed by atoms with van der Waals surface area (Å²) < 4.78 is 7.43. The molecule has 0 atom stereocenters. The number of rotatable bonds is 5. The van der Waals surface area contributed by atoms with E-state index < -0.39 is 0 Å². The summed E-state index contributed by atoms with van der Waals surface area (Å²) in [6.07, 6.45) is 1.61. The van der Waals surface area contributed by atoms with Crippen molar-refractivity contribution in [3.05, 3.63) is 42.4 Å². The highest BCUT2D eigenvalue weighted by Crippen LogP contribution is 2.20. The second kappa shape index (κ2) is 7.06. The SMILES string of the molecule is CCn1nc(CNc2cc(N3CCOCC3)ncn2)c2ccccc21. The van der Waals surface area contributed by atoms with Crippen molar-refractivity contribution < 1.29 is 4.74 Å². The first-order valence-corrected chi connectivity index (χ1v) is 8.68. The van der Waals surface area contributed by atoms with Crippen LogP contribution in [0.1, 0.15) is 12.6 Å². The minimum Gasteiger partial charge on any atom is -0.378 e. The molecule has 0 amide bonds. The third-order valence-electron chi connectivity index (χ3n) is 4.46. The molecule has 0 spiro atoms. The van der Waals surface area contributed by atoms with Gasteiger partial charge in [0.15, 0.2) is 0 Å². The molecule has 1 aromatic carbocycles. The van der Waals surface area contributed by atoms with Crippen molar-refractivity contribution in [2.24, 2.45) is 0 Å². The van der Waals surface area contributed by atoms with Crippen molar-refractivity contribution in [1.82, 2.24) is 19.7 Å². The molecule has 1 fully saturated rings. The van der Waals surface area contributed by atoms with E-state index in [9.17, 15) is 0 Å². The van der Waals surface area contributed by atoms with Gasteiger partial charge in [-0.3, -0.25) is 4.68 Å². The van der Waals surface area contributed by atoms with Crippen LogP contribution in [0.4, 0.5) is 11.6 Å². The fourth-order valence-electron chi connectivity index (χ4n) is 3.15. The smallest absolute Gasteiger partial charge is 0.134 e. The maximum Gasteiger partial charge on any atom is 0.134 e. The molecule has 0 unspecified atom stereocenters. The quantitative estimate of drug-likeness (QED) is 0.770. The van der Waals surface area contributed by atoms with E-state index in [4.69, 9.17) is 9.84 Å². The van der Waals surface area contributed by atoms with Crippen LogP contribution < -0.4 is 10.2 Å².